The summed E-state index contributed by atoms with van der Waals surface area (Å²) in [6.07, 6.45) is 8.53. The van der Waals surface area contributed by atoms with Gasteiger partial charge in [0.05, 0.1) is 18.9 Å². The van der Waals surface area contributed by atoms with Crippen molar-refractivity contribution in [3.63, 3.8) is 0 Å². The normalized spacial score (nSPS) is 16.6. The van der Waals surface area contributed by atoms with Crippen molar-refractivity contribution in [2.75, 3.05) is 19.7 Å². The van der Waals surface area contributed by atoms with E-state index in [1.807, 2.05) is 0 Å². The van der Waals surface area contributed by atoms with Crippen LogP contribution in [-0.2, 0) is 21.3 Å². The highest BCUT2D eigenvalue weighted by atomic mass is 32.2. The molecular formula is C13H24N4O3S. The molecule has 0 aliphatic heterocycles. The number of nitrogens with one attached hydrogen (secondary N) is 1. The minimum absolute atomic E-state index is 0.181. The average Bonchev–Trinajstić information content (AvgIpc) is 3.13. The smallest absolute Gasteiger partial charge is 0.243 e. The van der Waals surface area contributed by atoms with Crippen LogP contribution in [0.15, 0.2) is 17.3 Å². The quantitative estimate of drug-likeness (QED) is 0.645. The zero-order valence-corrected chi connectivity index (χ0v) is 13.0. The molecule has 120 valence electrons. The molecule has 0 bridgehead atoms. The fourth-order valence-corrected chi connectivity index (χ4v) is 3.36. The largest absolute Gasteiger partial charge is 0.377 e. The molecule has 1 aromatic heterocycles. The summed E-state index contributed by atoms with van der Waals surface area (Å²) in [6.45, 7) is 1.87. The first-order valence-corrected chi connectivity index (χ1v) is 8.94. The van der Waals surface area contributed by atoms with Crippen LogP contribution in [0.2, 0.25) is 0 Å². The molecule has 3 N–H and O–H groups in total. The van der Waals surface area contributed by atoms with E-state index in [-0.39, 0.29) is 11.4 Å². The molecule has 1 heterocycles. The second kappa shape index (κ2) is 7.88. The Balaban J connectivity index is 1.76. The van der Waals surface area contributed by atoms with Crippen LogP contribution in [0.25, 0.3) is 0 Å². The number of aromatic nitrogens is 2. The van der Waals surface area contributed by atoms with Gasteiger partial charge in [0.1, 0.15) is 4.90 Å². The van der Waals surface area contributed by atoms with Gasteiger partial charge < -0.3 is 10.5 Å². The molecule has 0 aromatic carbocycles. The highest BCUT2D eigenvalue weighted by molar-refractivity contribution is 7.89. The molecule has 1 saturated carbocycles. The summed E-state index contributed by atoms with van der Waals surface area (Å²) in [6, 6.07) is 0. The van der Waals surface area contributed by atoms with Crippen molar-refractivity contribution in [3.8, 4) is 0 Å². The van der Waals surface area contributed by atoms with Crippen molar-refractivity contribution in [2.45, 2.75) is 49.6 Å². The molecule has 0 unspecified atom stereocenters. The van der Waals surface area contributed by atoms with Crippen LogP contribution in [0, 0.1) is 0 Å². The topological polar surface area (TPSA) is 99.2 Å². The standard InChI is InChI=1S/C13H24N4O3S/c14-6-3-8-17-11-13(10-15-17)21(18,19)16-7-9-20-12-4-1-2-5-12/h10-12,16H,1-9,14H2. The van der Waals surface area contributed by atoms with E-state index in [1.165, 1.54) is 25.2 Å². The second-order valence-corrected chi connectivity index (χ2v) is 7.02. The number of hydrogen-bond donors (Lipinski definition) is 2. The minimum atomic E-state index is -3.50. The summed E-state index contributed by atoms with van der Waals surface area (Å²) in [5.41, 5.74) is 5.42. The lowest BCUT2D eigenvalue weighted by Crippen LogP contribution is -2.28. The molecule has 7 nitrogen and oxygen atoms in total. The lowest BCUT2D eigenvalue weighted by molar-refractivity contribution is 0.0626. The Morgan fingerprint density at radius 3 is 2.90 bits per heavy atom. The molecular weight excluding hydrogens is 292 g/mol. The van der Waals surface area contributed by atoms with Gasteiger partial charge in [0.2, 0.25) is 10.0 Å². The van der Waals surface area contributed by atoms with Gasteiger partial charge in [-0.2, -0.15) is 5.10 Å². The van der Waals surface area contributed by atoms with Crippen LogP contribution in [0.5, 0.6) is 0 Å². The lowest BCUT2D eigenvalue weighted by atomic mass is 10.3. The number of sulfonamides is 1. The van der Waals surface area contributed by atoms with Crippen LogP contribution in [0.1, 0.15) is 32.1 Å². The molecule has 0 radical (unpaired) electrons. The highest BCUT2D eigenvalue weighted by Crippen LogP contribution is 2.20. The van der Waals surface area contributed by atoms with Gasteiger partial charge in [0.25, 0.3) is 0 Å². The third-order valence-corrected chi connectivity index (χ3v) is 4.98. The van der Waals surface area contributed by atoms with E-state index >= 15 is 0 Å². The van der Waals surface area contributed by atoms with Crippen molar-refractivity contribution in [2.24, 2.45) is 5.73 Å². The van der Waals surface area contributed by atoms with Crippen LogP contribution < -0.4 is 10.5 Å². The summed E-state index contributed by atoms with van der Waals surface area (Å²) < 4.78 is 33.9. The van der Waals surface area contributed by atoms with Crippen LogP contribution in [0.3, 0.4) is 0 Å². The van der Waals surface area contributed by atoms with E-state index < -0.39 is 10.0 Å². The Hall–Kier alpha value is -0.960. The first-order valence-electron chi connectivity index (χ1n) is 7.45. The molecule has 0 amide bonds. The van der Waals surface area contributed by atoms with Gasteiger partial charge in [-0.1, -0.05) is 12.8 Å². The van der Waals surface area contributed by atoms with Gasteiger partial charge in [0.15, 0.2) is 0 Å². The predicted octanol–water partition coefficient (Wildman–Crippen LogP) is 0.469. The monoisotopic (exact) mass is 316 g/mol. The van der Waals surface area contributed by atoms with Crippen LogP contribution in [-0.4, -0.2) is 44.0 Å². The fraction of sp³-hybridized carbons (Fsp3) is 0.769. The lowest BCUT2D eigenvalue weighted by Gasteiger charge is -2.11. The van der Waals surface area contributed by atoms with Crippen molar-refractivity contribution < 1.29 is 13.2 Å². The number of hydrogen-bond acceptors (Lipinski definition) is 5. The molecule has 0 atom stereocenters. The van der Waals surface area contributed by atoms with E-state index in [4.69, 9.17) is 10.5 Å². The second-order valence-electron chi connectivity index (χ2n) is 5.26. The van der Waals surface area contributed by atoms with Gasteiger partial charge in [-0.05, 0) is 25.8 Å². The molecule has 1 fully saturated rings. The molecule has 1 aromatic rings. The molecule has 0 spiro atoms. The van der Waals surface area contributed by atoms with E-state index in [9.17, 15) is 8.42 Å². The van der Waals surface area contributed by atoms with Gasteiger partial charge in [-0.3, -0.25) is 4.68 Å². The van der Waals surface area contributed by atoms with E-state index in [0.29, 0.717) is 25.8 Å². The van der Waals surface area contributed by atoms with Crippen LogP contribution in [0.4, 0.5) is 0 Å². The SMILES string of the molecule is NCCCn1cc(S(=O)(=O)NCCOC2CCCC2)cn1. The number of ether oxygens (including phenoxy) is 1. The Labute approximate surface area is 125 Å². The summed E-state index contributed by atoms with van der Waals surface area (Å²) in [7, 11) is -3.50. The van der Waals surface area contributed by atoms with E-state index in [1.54, 1.807) is 4.68 Å². The highest BCUT2D eigenvalue weighted by Gasteiger charge is 2.18. The van der Waals surface area contributed by atoms with Gasteiger partial charge in [-0.15, -0.1) is 0 Å². The maximum absolute atomic E-state index is 12.1. The number of nitrogens with zero attached hydrogens (tertiary/aromatic N) is 2. The number of rotatable bonds is 9. The third-order valence-electron chi connectivity index (χ3n) is 3.56. The van der Waals surface area contributed by atoms with Crippen molar-refractivity contribution in [1.82, 2.24) is 14.5 Å². The van der Waals surface area contributed by atoms with Crippen molar-refractivity contribution in [3.05, 3.63) is 12.4 Å². The summed E-state index contributed by atoms with van der Waals surface area (Å²) >= 11 is 0. The number of nitrogens with two attached hydrogens (primary N) is 1. The fourth-order valence-electron chi connectivity index (χ4n) is 2.40. The molecule has 21 heavy (non-hydrogen) atoms. The maximum atomic E-state index is 12.1. The first-order chi connectivity index (χ1) is 10.1. The molecule has 1 aliphatic rings. The summed E-state index contributed by atoms with van der Waals surface area (Å²) in [5, 5.41) is 4.02. The molecule has 0 saturated heterocycles. The third kappa shape index (κ3) is 5.06. The first kappa shape index (κ1) is 16.4. The Morgan fingerprint density at radius 2 is 2.19 bits per heavy atom. The summed E-state index contributed by atoms with van der Waals surface area (Å²) in [4.78, 5) is 0.181. The molecule has 2 rings (SSSR count). The van der Waals surface area contributed by atoms with Crippen molar-refractivity contribution in [1.29, 1.82) is 0 Å². The van der Waals surface area contributed by atoms with Crippen LogP contribution >= 0.6 is 0 Å². The maximum Gasteiger partial charge on any atom is 0.243 e. The Bertz CT molecular complexity index is 523. The molecule has 8 heteroatoms. The van der Waals surface area contributed by atoms with Gasteiger partial charge >= 0.3 is 0 Å². The predicted molar refractivity (Wildman–Crippen MR) is 79.3 cm³/mol. The minimum Gasteiger partial charge on any atom is -0.377 e. The Morgan fingerprint density at radius 1 is 1.43 bits per heavy atom. The molecule has 1 aliphatic carbocycles. The van der Waals surface area contributed by atoms with Gasteiger partial charge in [0, 0.05) is 19.3 Å². The van der Waals surface area contributed by atoms with Crippen molar-refractivity contribution >= 4 is 10.0 Å². The Kier molecular flexibility index (Phi) is 6.16. The average molecular weight is 316 g/mol. The zero-order valence-electron chi connectivity index (χ0n) is 12.2. The number of aryl methyl sites for hydroxylation is 1. The zero-order chi connectivity index (χ0) is 15.1. The van der Waals surface area contributed by atoms with E-state index in [2.05, 4.69) is 9.82 Å². The van der Waals surface area contributed by atoms with E-state index in [0.717, 1.165) is 19.3 Å². The summed E-state index contributed by atoms with van der Waals surface area (Å²) in [5.74, 6) is 0. The van der Waals surface area contributed by atoms with Gasteiger partial charge in [-0.25, -0.2) is 13.1 Å².